The Labute approximate surface area is 115 Å². The number of nitrogens with zero attached hydrogens (tertiary/aromatic N) is 2. The second-order valence-electron chi connectivity index (χ2n) is 5.29. The quantitative estimate of drug-likeness (QED) is 0.757. The van der Waals surface area contributed by atoms with Gasteiger partial charge < -0.3 is 9.80 Å². The van der Waals surface area contributed by atoms with Gasteiger partial charge in [0, 0.05) is 37.0 Å². The zero-order chi connectivity index (χ0) is 13.4. The second-order valence-corrected chi connectivity index (χ2v) is 5.29. The van der Waals surface area contributed by atoms with Gasteiger partial charge in [0.2, 0.25) is 0 Å². The molecule has 0 spiro atoms. The molecule has 3 rings (SSSR count). The molecule has 0 saturated heterocycles. The van der Waals surface area contributed by atoms with Gasteiger partial charge in [-0.2, -0.15) is 0 Å². The molecule has 2 aliphatic rings. The van der Waals surface area contributed by atoms with Crippen molar-refractivity contribution in [3.8, 4) is 0 Å². The smallest absolute Gasteiger partial charge is 0.109 e. The summed E-state index contributed by atoms with van der Waals surface area (Å²) in [4.78, 5) is 4.67. The molecule has 0 N–H and O–H groups in total. The highest BCUT2D eigenvalue weighted by Crippen LogP contribution is 2.46. The van der Waals surface area contributed by atoms with Gasteiger partial charge in [-0.05, 0) is 18.1 Å². The van der Waals surface area contributed by atoms with E-state index >= 15 is 0 Å². The maximum Gasteiger partial charge on any atom is 0.109 e. The van der Waals surface area contributed by atoms with Gasteiger partial charge in [-0.15, -0.1) is 13.2 Å². The predicted octanol–water partition coefficient (Wildman–Crippen LogP) is 3.71. The summed E-state index contributed by atoms with van der Waals surface area (Å²) in [7, 11) is 2.14. The molecule has 0 bridgehead atoms. The Hall–Kier alpha value is -1.96. The zero-order valence-corrected chi connectivity index (χ0v) is 11.4. The minimum absolute atomic E-state index is 0.371. The third kappa shape index (κ3) is 1.71. The molecule has 0 radical (unpaired) electrons. The van der Waals surface area contributed by atoms with Crippen molar-refractivity contribution in [3.05, 3.63) is 67.5 Å². The first-order valence-electron chi connectivity index (χ1n) is 6.79. The minimum atomic E-state index is 0.371. The Bertz CT molecular complexity index is 532. The summed E-state index contributed by atoms with van der Waals surface area (Å²) >= 11 is 0. The highest BCUT2D eigenvalue weighted by atomic mass is 15.4. The molecular weight excluding hydrogens is 232 g/mol. The Kier molecular flexibility index (Phi) is 2.94. The predicted molar refractivity (Wildman–Crippen MR) is 80.9 cm³/mol. The average molecular weight is 252 g/mol. The lowest BCUT2D eigenvalue weighted by atomic mass is 9.77. The number of hydrogen-bond acceptors (Lipinski definition) is 2. The summed E-state index contributed by atoms with van der Waals surface area (Å²) in [5.74, 6) is 0.878. The summed E-state index contributed by atoms with van der Waals surface area (Å²) in [6.07, 6.45) is 9.83. The molecule has 3 atom stereocenters. The van der Waals surface area contributed by atoms with E-state index in [1.807, 2.05) is 6.08 Å². The molecule has 0 aromatic heterocycles. The van der Waals surface area contributed by atoms with Crippen LogP contribution in [-0.4, -0.2) is 18.1 Å². The lowest BCUT2D eigenvalue weighted by molar-refractivity contribution is 0.230. The van der Waals surface area contributed by atoms with E-state index in [1.54, 1.807) is 0 Å². The highest BCUT2D eigenvalue weighted by molar-refractivity contribution is 5.62. The first-order valence-corrected chi connectivity index (χ1v) is 6.79. The Morgan fingerprint density at radius 2 is 2.00 bits per heavy atom. The first kappa shape index (κ1) is 12.1. The van der Waals surface area contributed by atoms with Crippen molar-refractivity contribution in [2.24, 2.45) is 5.92 Å². The van der Waals surface area contributed by atoms with Gasteiger partial charge in [-0.1, -0.05) is 30.4 Å². The number of rotatable bonds is 3. The molecule has 0 saturated carbocycles. The largest absolute Gasteiger partial charge is 0.358 e. The van der Waals surface area contributed by atoms with Gasteiger partial charge in [0.1, 0.15) is 6.17 Å². The van der Waals surface area contributed by atoms with Crippen molar-refractivity contribution in [1.82, 2.24) is 4.90 Å². The molecule has 2 heteroatoms. The highest BCUT2D eigenvalue weighted by Gasteiger charge is 2.41. The Morgan fingerprint density at radius 3 is 2.74 bits per heavy atom. The standard InChI is InChI=1S/C17H20N2/c1-4-8-15-13(5-2)14-9-6-7-10-16(14)19-12-11-18(3)17(15)19/h4-7,9-13,15,17H,1-2,8H2,3H3. The van der Waals surface area contributed by atoms with Crippen LogP contribution < -0.4 is 4.90 Å². The van der Waals surface area contributed by atoms with Gasteiger partial charge in [-0.25, -0.2) is 0 Å². The van der Waals surface area contributed by atoms with Crippen LogP contribution in [0.4, 0.5) is 5.69 Å². The van der Waals surface area contributed by atoms with E-state index in [2.05, 4.69) is 72.7 Å². The van der Waals surface area contributed by atoms with E-state index in [1.165, 1.54) is 11.3 Å². The van der Waals surface area contributed by atoms with E-state index in [0.29, 0.717) is 18.0 Å². The Morgan fingerprint density at radius 1 is 1.21 bits per heavy atom. The second kappa shape index (κ2) is 4.61. The van der Waals surface area contributed by atoms with Crippen LogP contribution in [0.25, 0.3) is 0 Å². The van der Waals surface area contributed by atoms with E-state index in [9.17, 15) is 0 Å². The number of fused-ring (bicyclic) bond motifs is 3. The maximum atomic E-state index is 4.06. The van der Waals surface area contributed by atoms with Gasteiger partial charge >= 0.3 is 0 Å². The number of benzene rings is 1. The van der Waals surface area contributed by atoms with Gasteiger partial charge in [0.15, 0.2) is 0 Å². The van der Waals surface area contributed by atoms with Crippen LogP contribution in [0.3, 0.4) is 0 Å². The molecule has 0 aliphatic carbocycles. The molecule has 2 heterocycles. The number of allylic oxidation sites excluding steroid dienone is 2. The third-order valence-electron chi connectivity index (χ3n) is 4.28. The molecule has 2 nitrogen and oxygen atoms in total. The van der Waals surface area contributed by atoms with Crippen molar-refractivity contribution >= 4 is 5.69 Å². The zero-order valence-electron chi connectivity index (χ0n) is 11.4. The molecule has 19 heavy (non-hydrogen) atoms. The lowest BCUT2D eigenvalue weighted by Crippen LogP contribution is -2.48. The fourth-order valence-electron chi connectivity index (χ4n) is 3.46. The SMILES string of the molecule is C=CCC1C(C=C)c2ccccc2N2C=CN(C)C12. The molecule has 2 aliphatic heterocycles. The monoisotopic (exact) mass is 252 g/mol. The van der Waals surface area contributed by atoms with Gasteiger partial charge in [0.25, 0.3) is 0 Å². The van der Waals surface area contributed by atoms with E-state index in [-0.39, 0.29) is 0 Å². The molecule has 0 amide bonds. The molecule has 3 unspecified atom stereocenters. The van der Waals surface area contributed by atoms with E-state index < -0.39 is 0 Å². The summed E-state index contributed by atoms with van der Waals surface area (Å²) in [5.41, 5.74) is 2.68. The van der Waals surface area contributed by atoms with Crippen molar-refractivity contribution in [1.29, 1.82) is 0 Å². The van der Waals surface area contributed by atoms with Crippen molar-refractivity contribution in [2.45, 2.75) is 18.5 Å². The van der Waals surface area contributed by atoms with Crippen LogP contribution in [0, 0.1) is 5.92 Å². The summed E-state index contributed by atoms with van der Waals surface area (Å²) in [6.45, 7) is 7.99. The lowest BCUT2D eigenvalue weighted by Gasteiger charge is -2.45. The minimum Gasteiger partial charge on any atom is -0.358 e. The van der Waals surface area contributed by atoms with Gasteiger partial charge in [0.05, 0.1) is 0 Å². The van der Waals surface area contributed by atoms with Gasteiger partial charge in [-0.3, -0.25) is 0 Å². The molecule has 1 aromatic carbocycles. The number of anilines is 1. The maximum absolute atomic E-state index is 4.06. The fraction of sp³-hybridized carbons (Fsp3) is 0.294. The normalized spacial score (nSPS) is 27.9. The van der Waals surface area contributed by atoms with E-state index in [0.717, 1.165) is 6.42 Å². The number of para-hydroxylation sites is 1. The van der Waals surface area contributed by atoms with Crippen molar-refractivity contribution < 1.29 is 0 Å². The first-order chi connectivity index (χ1) is 9.27. The topological polar surface area (TPSA) is 6.48 Å². The molecule has 0 fully saturated rings. The Balaban J connectivity index is 2.13. The summed E-state index contributed by atoms with van der Waals surface area (Å²) < 4.78 is 0. The van der Waals surface area contributed by atoms with Crippen LogP contribution >= 0.6 is 0 Å². The average Bonchev–Trinajstić information content (AvgIpc) is 2.82. The third-order valence-corrected chi connectivity index (χ3v) is 4.28. The van der Waals surface area contributed by atoms with Crippen LogP contribution in [0.15, 0.2) is 62.0 Å². The summed E-state index contributed by atoms with van der Waals surface area (Å²) in [5, 5.41) is 0. The van der Waals surface area contributed by atoms with Crippen molar-refractivity contribution in [3.63, 3.8) is 0 Å². The van der Waals surface area contributed by atoms with Crippen molar-refractivity contribution in [2.75, 3.05) is 11.9 Å². The fourth-order valence-corrected chi connectivity index (χ4v) is 3.46. The molecule has 98 valence electrons. The number of hydrogen-bond donors (Lipinski definition) is 0. The van der Waals surface area contributed by atoms with Crippen LogP contribution in [0.2, 0.25) is 0 Å². The summed E-state index contributed by atoms with van der Waals surface area (Å²) in [6, 6.07) is 8.65. The molecular formula is C17H20N2. The van der Waals surface area contributed by atoms with Crippen LogP contribution in [0.1, 0.15) is 17.9 Å². The van der Waals surface area contributed by atoms with Crippen LogP contribution in [0.5, 0.6) is 0 Å². The van der Waals surface area contributed by atoms with Crippen LogP contribution in [-0.2, 0) is 0 Å². The van der Waals surface area contributed by atoms with E-state index in [4.69, 9.17) is 0 Å². The molecule has 1 aromatic rings.